The van der Waals surface area contributed by atoms with Crippen LogP contribution < -0.4 is 0 Å². The molecule has 0 unspecified atom stereocenters. The number of pyridine rings is 1. The smallest absolute Gasteiger partial charge is 0.0991 e. The molecular formula is C15H16N2O. The maximum absolute atomic E-state index is 8.90. The Labute approximate surface area is 107 Å². The minimum Gasteiger partial charge on any atom is -0.396 e. The van der Waals surface area contributed by atoms with Crippen molar-refractivity contribution in [2.45, 2.75) is 26.2 Å². The SMILES string of the molecule is Cc1ncc2cc(C#N)ccc2c1CCCCO. The largest absolute Gasteiger partial charge is 0.396 e. The fraction of sp³-hybridized carbons (Fsp3) is 0.333. The summed E-state index contributed by atoms with van der Waals surface area (Å²) < 4.78 is 0. The number of hydrogen-bond acceptors (Lipinski definition) is 3. The number of benzene rings is 1. The number of nitriles is 1. The molecule has 0 fully saturated rings. The van der Waals surface area contributed by atoms with Gasteiger partial charge in [-0.15, -0.1) is 0 Å². The van der Waals surface area contributed by atoms with Gasteiger partial charge in [0.1, 0.15) is 0 Å². The summed E-state index contributed by atoms with van der Waals surface area (Å²) in [5.74, 6) is 0. The second-order valence-electron chi connectivity index (χ2n) is 4.42. The molecule has 0 aliphatic carbocycles. The maximum Gasteiger partial charge on any atom is 0.0991 e. The van der Waals surface area contributed by atoms with Gasteiger partial charge in [-0.1, -0.05) is 6.07 Å². The third-order valence-corrected chi connectivity index (χ3v) is 3.17. The van der Waals surface area contributed by atoms with E-state index in [0.717, 1.165) is 30.3 Å². The van der Waals surface area contributed by atoms with Crippen LogP contribution >= 0.6 is 0 Å². The van der Waals surface area contributed by atoms with Gasteiger partial charge in [-0.05, 0) is 49.3 Å². The third-order valence-electron chi connectivity index (χ3n) is 3.17. The van der Waals surface area contributed by atoms with Crippen molar-refractivity contribution < 1.29 is 5.11 Å². The molecule has 0 saturated carbocycles. The Balaban J connectivity index is 2.44. The first-order valence-corrected chi connectivity index (χ1v) is 6.15. The Kier molecular flexibility index (Phi) is 3.91. The van der Waals surface area contributed by atoms with Crippen molar-refractivity contribution in [1.29, 1.82) is 5.26 Å². The van der Waals surface area contributed by atoms with E-state index in [1.807, 2.05) is 31.3 Å². The van der Waals surface area contributed by atoms with Crippen molar-refractivity contribution in [3.8, 4) is 6.07 Å². The molecule has 92 valence electrons. The summed E-state index contributed by atoms with van der Waals surface area (Å²) in [6.45, 7) is 2.24. The number of hydrogen-bond donors (Lipinski definition) is 1. The van der Waals surface area contributed by atoms with Crippen molar-refractivity contribution in [1.82, 2.24) is 4.98 Å². The molecule has 0 radical (unpaired) electrons. The zero-order valence-corrected chi connectivity index (χ0v) is 10.5. The van der Waals surface area contributed by atoms with Gasteiger partial charge in [0.05, 0.1) is 11.6 Å². The molecule has 0 atom stereocenters. The molecule has 18 heavy (non-hydrogen) atoms. The molecule has 0 aliphatic heterocycles. The molecule has 1 aromatic carbocycles. The van der Waals surface area contributed by atoms with E-state index in [9.17, 15) is 0 Å². The minimum atomic E-state index is 0.232. The fourth-order valence-electron chi connectivity index (χ4n) is 2.18. The van der Waals surface area contributed by atoms with Gasteiger partial charge in [0, 0.05) is 23.9 Å². The lowest BCUT2D eigenvalue weighted by Crippen LogP contribution is -1.96. The van der Waals surface area contributed by atoms with E-state index in [-0.39, 0.29) is 6.61 Å². The Morgan fingerprint density at radius 2 is 2.17 bits per heavy atom. The van der Waals surface area contributed by atoms with Crippen LogP contribution in [-0.4, -0.2) is 16.7 Å². The first-order chi connectivity index (χ1) is 8.76. The van der Waals surface area contributed by atoms with Crippen molar-refractivity contribution in [3.05, 3.63) is 41.2 Å². The van der Waals surface area contributed by atoms with Crippen LogP contribution in [0, 0.1) is 18.3 Å². The standard InChI is InChI=1S/C15H16N2O/c1-11-14(4-2-3-7-18)15-6-5-12(9-16)8-13(15)10-17-11/h5-6,8,10,18H,2-4,7H2,1H3. The summed E-state index contributed by atoms with van der Waals surface area (Å²) in [7, 11) is 0. The average Bonchev–Trinajstić information content (AvgIpc) is 2.41. The van der Waals surface area contributed by atoms with E-state index in [4.69, 9.17) is 10.4 Å². The lowest BCUT2D eigenvalue weighted by molar-refractivity contribution is 0.284. The summed E-state index contributed by atoms with van der Waals surface area (Å²) >= 11 is 0. The Morgan fingerprint density at radius 1 is 1.33 bits per heavy atom. The van der Waals surface area contributed by atoms with Gasteiger partial charge in [-0.25, -0.2) is 0 Å². The van der Waals surface area contributed by atoms with E-state index >= 15 is 0 Å². The zero-order valence-electron chi connectivity index (χ0n) is 10.5. The van der Waals surface area contributed by atoms with Crippen molar-refractivity contribution in [2.75, 3.05) is 6.61 Å². The lowest BCUT2D eigenvalue weighted by Gasteiger charge is -2.09. The molecule has 1 heterocycles. The number of unbranched alkanes of at least 4 members (excludes halogenated alkanes) is 1. The second-order valence-corrected chi connectivity index (χ2v) is 4.42. The number of aryl methyl sites for hydroxylation is 2. The van der Waals surface area contributed by atoms with E-state index in [1.54, 1.807) is 0 Å². The molecule has 1 aromatic heterocycles. The van der Waals surface area contributed by atoms with Gasteiger partial charge < -0.3 is 5.11 Å². The number of aliphatic hydroxyl groups is 1. The number of rotatable bonds is 4. The normalized spacial score (nSPS) is 10.5. The first-order valence-electron chi connectivity index (χ1n) is 6.15. The number of aliphatic hydroxyl groups excluding tert-OH is 1. The van der Waals surface area contributed by atoms with Gasteiger partial charge in [-0.3, -0.25) is 4.98 Å². The van der Waals surface area contributed by atoms with E-state index in [1.165, 1.54) is 10.9 Å². The summed E-state index contributed by atoms with van der Waals surface area (Å²) in [6.07, 6.45) is 4.51. The second kappa shape index (κ2) is 5.61. The molecular weight excluding hydrogens is 224 g/mol. The highest BCUT2D eigenvalue weighted by atomic mass is 16.2. The van der Waals surface area contributed by atoms with E-state index in [0.29, 0.717) is 5.56 Å². The topological polar surface area (TPSA) is 56.9 Å². The minimum absolute atomic E-state index is 0.232. The summed E-state index contributed by atoms with van der Waals surface area (Å²) in [6, 6.07) is 7.86. The van der Waals surface area contributed by atoms with Crippen molar-refractivity contribution in [2.24, 2.45) is 0 Å². The molecule has 0 bridgehead atoms. The predicted molar refractivity (Wildman–Crippen MR) is 71.2 cm³/mol. The molecule has 3 nitrogen and oxygen atoms in total. The Morgan fingerprint density at radius 3 is 2.89 bits per heavy atom. The summed E-state index contributed by atoms with van der Waals surface area (Å²) in [5.41, 5.74) is 2.92. The van der Waals surface area contributed by atoms with Crippen LogP contribution in [-0.2, 0) is 6.42 Å². The molecule has 2 aromatic rings. The van der Waals surface area contributed by atoms with Gasteiger partial charge >= 0.3 is 0 Å². The maximum atomic E-state index is 8.90. The van der Waals surface area contributed by atoms with Crippen LogP contribution in [0.2, 0.25) is 0 Å². The van der Waals surface area contributed by atoms with Gasteiger partial charge in [0.15, 0.2) is 0 Å². The molecule has 0 saturated heterocycles. The molecule has 0 amide bonds. The Bertz CT molecular complexity index is 599. The number of nitrogens with zero attached hydrogens (tertiary/aromatic N) is 2. The predicted octanol–water partition coefficient (Wildman–Crippen LogP) is 2.73. The van der Waals surface area contributed by atoms with Gasteiger partial charge in [0.2, 0.25) is 0 Å². The third kappa shape index (κ3) is 2.49. The monoisotopic (exact) mass is 240 g/mol. The van der Waals surface area contributed by atoms with Gasteiger partial charge in [-0.2, -0.15) is 5.26 Å². The fourth-order valence-corrected chi connectivity index (χ4v) is 2.18. The van der Waals surface area contributed by atoms with Crippen LogP contribution in [0.25, 0.3) is 10.8 Å². The lowest BCUT2D eigenvalue weighted by atomic mass is 9.99. The highest BCUT2D eigenvalue weighted by Crippen LogP contribution is 2.23. The van der Waals surface area contributed by atoms with Crippen LogP contribution in [0.15, 0.2) is 24.4 Å². The molecule has 3 heteroatoms. The summed E-state index contributed by atoms with van der Waals surface area (Å²) in [4.78, 5) is 4.39. The number of fused-ring (bicyclic) bond motifs is 1. The van der Waals surface area contributed by atoms with Crippen LogP contribution in [0.4, 0.5) is 0 Å². The van der Waals surface area contributed by atoms with E-state index in [2.05, 4.69) is 11.1 Å². The summed E-state index contributed by atoms with van der Waals surface area (Å²) in [5, 5.41) is 19.9. The highest BCUT2D eigenvalue weighted by molar-refractivity contribution is 5.86. The molecule has 0 spiro atoms. The zero-order chi connectivity index (χ0) is 13.0. The molecule has 1 N–H and O–H groups in total. The van der Waals surface area contributed by atoms with Crippen molar-refractivity contribution >= 4 is 10.8 Å². The van der Waals surface area contributed by atoms with Gasteiger partial charge in [0.25, 0.3) is 0 Å². The van der Waals surface area contributed by atoms with Crippen LogP contribution in [0.3, 0.4) is 0 Å². The van der Waals surface area contributed by atoms with Crippen molar-refractivity contribution in [3.63, 3.8) is 0 Å². The first kappa shape index (κ1) is 12.5. The van der Waals surface area contributed by atoms with Crippen LogP contribution in [0.1, 0.15) is 29.7 Å². The average molecular weight is 240 g/mol. The Hall–Kier alpha value is -1.92. The number of aromatic nitrogens is 1. The quantitative estimate of drug-likeness (QED) is 0.836. The van der Waals surface area contributed by atoms with E-state index < -0.39 is 0 Å². The molecule has 2 rings (SSSR count). The van der Waals surface area contributed by atoms with Crippen LogP contribution in [0.5, 0.6) is 0 Å². The molecule has 0 aliphatic rings. The highest BCUT2D eigenvalue weighted by Gasteiger charge is 2.06.